The number of rotatable bonds is 9. The summed E-state index contributed by atoms with van der Waals surface area (Å²) in [5, 5.41) is 0. The molecule has 3 aromatic rings. The Hall–Kier alpha value is -3.53. The lowest BCUT2D eigenvalue weighted by molar-refractivity contribution is -0.137. The standard InChI is InChI=1S/C27H28F3NO5S/c1-5-19(3)31(26(32)21-12-9-18(2)10-13-21)17-20-11-14-24(35-4)25(15-20)36-37(33,34)23-8-6-7-22(16-23)27(28,29)30/h6-16,19H,5,17H2,1-4H3/t19-/m0/s1. The largest absolute Gasteiger partial charge is 0.493 e. The first-order chi connectivity index (χ1) is 17.4. The quantitative estimate of drug-likeness (QED) is 0.304. The molecule has 3 rings (SSSR count). The maximum absolute atomic E-state index is 13.3. The van der Waals surface area contributed by atoms with Gasteiger partial charge in [-0.2, -0.15) is 21.6 Å². The van der Waals surface area contributed by atoms with Crippen molar-refractivity contribution >= 4 is 16.0 Å². The lowest BCUT2D eigenvalue weighted by Crippen LogP contribution is -2.37. The normalized spacial score (nSPS) is 12.6. The smallest absolute Gasteiger partial charge is 0.416 e. The van der Waals surface area contributed by atoms with Crippen LogP contribution in [0.5, 0.6) is 11.5 Å². The Labute approximate surface area is 214 Å². The van der Waals surface area contributed by atoms with Crippen molar-refractivity contribution in [2.45, 2.75) is 50.9 Å². The van der Waals surface area contributed by atoms with Crippen molar-refractivity contribution in [3.63, 3.8) is 0 Å². The summed E-state index contributed by atoms with van der Waals surface area (Å²) in [5.41, 5.74) is 0.973. The molecule has 0 bridgehead atoms. The fourth-order valence-corrected chi connectivity index (χ4v) is 4.57. The van der Waals surface area contributed by atoms with Crippen LogP contribution in [0.1, 0.15) is 47.3 Å². The van der Waals surface area contributed by atoms with Crippen LogP contribution in [0.4, 0.5) is 13.2 Å². The van der Waals surface area contributed by atoms with Gasteiger partial charge in [-0.15, -0.1) is 0 Å². The van der Waals surface area contributed by atoms with Gasteiger partial charge in [0.15, 0.2) is 11.5 Å². The lowest BCUT2D eigenvalue weighted by Gasteiger charge is -2.29. The van der Waals surface area contributed by atoms with Gasteiger partial charge in [-0.25, -0.2) is 0 Å². The van der Waals surface area contributed by atoms with E-state index in [9.17, 15) is 26.4 Å². The molecule has 0 aliphatic carbocycles. The Bertz CT molecular complexity index is 1360. The zero-order valence-corrected chi connectivity index (χ0v) is 21.7. The van der Waals surface area contributed by atoms with E-state index < -0.39 is 26.8 Å². The third-order valence-corrected chi connectivity index (χ3v) is 7.14. The van der Waals surface area contributed by atoms with Gasteiger partial charge in [-0.3, -0.25) is 4.79 Å². The molecule has 198 valence electrons. The van der Waals surface area contributed by atoms with Crippen molar-refractivity contribution in [2.24, 2.45) is 0 Å². The van der Waals surface area contributed by atoms with Gasteiger partial charge in [0.05, 0.1) is 12.7 Å². The monoisotopic (exact) mass is 535 g/mol. The Morgan fingerprint density at radius 2 is 1.68 bits per heavy atom. The average molecular weight is 536 g/mol. The molecule has 1 amide bonds. The van der Waals surface area contributed by atoms with E-state index in [4.69, 9.17) is 8.92 Å². The number of hydrogen-bond donors (Lipinski definition) is 0. The van der Waals surface area contributed by atoms with Crippen molar-refractivity contribution in [1.82, 2.24) is 4.90 Å². The Morgan fingerprint density at radius 3 is 2.27 bits per heavy atom. The molecule has 0 fully saturated rings. The molecule has 0 radical (unpaired) electrons. The lowest BCUT2D eigenvalue weighted by atomic mass is 10.1. The van der Waals surface area contributed by atoms with Gasteiger partial charge in [0.2, 0.25) is 0 Å². The van der Waals surface area contributed by atoms with E-state index in [0.717, 1.165) is 23.8 Å². The maximum Gasteiger partial charge on any atom is 0.416 e. The molecule has 0 saturated carbocycles. The van der Waals surface area contributed by atoms with Crippen LogP contribution in [0.3, 0.4) is 0 Å². The molecule has 37 heavy (non-hydrogen) atoms. The highest BCUT2D eigenvalue weighted by Gasteiger charge is 2.32. The molecule has 0 aliphatic heterocycles. The zero-order chi connectivity index (χ0) is 27.4. The van der Waals surface area contributed by atoms with E-state index in [1.807, 2.05) is 32.9 Å². The van der Waals surface area contributed by atoms with Gasteiger partial charge < -0.3 is 13.8 Å². The van der Waals surface area contributed by atoms with Gasteiger partial charge in [0.25, 0.3) is 5.91 Å². The van der Waals surface area contributed by atoms with Gasteiger partial charge >= 0.3 is 16.3 Å². The topological polar surface area (TPSA) is 72.9 Å². The zero-order valence-electron chi connectivity index (χ0n) is 20.9. The second-order valence-corrected chi connectivity index (χ2v) is 10.2. The highest BCUT2D eigenvalue weighted by atomic mass is 32.2. The number of carbonyl (C=O) groups is 1. The summed E-state index contributed by atoms with van der Waals surface area (Å²) in [6.07, 6.45) is -4.03. The molecule has 0 heterocycles. The highest BCUT2D eigenvalue weighted by Crippen LogP contribution is 2.34. The van der Waals surface area contributed by atoms with Crippen LogP contribution >= 0.6 is 0 Å². The first kappa shape index (κ1) is 28.0. The minimum absolute atomic E-state index is 0.0688. The van der Waals surface area contributed by atoms with Crippen molar-refractivity contribution in [3.8, 4) is 11.5 Å². The van der Waals surface area contributed by atoms with Crippen molar-refractivity contribution in [2.75, 3.05) is 7.11 Å². The fourth-order valence-electron chi connectivity index (χ4n) is 3.59. The summed E-state index contributed by atoms with van der Waals surface area (Å²) >= 11 is 0. The van der Waals surface area contributed by atoms with Crippen LogP contribution in [0.2, 0.25) is 0 Å². The number of ether oxygens (including phenoxy) is 1. The summed E-state index contributed by atoms with van der Waals surface area (Å²) < 4.78 is 75.4. The minimum Gasteiger partial charge on any atom is -0.493 e. The molecule has 10 heteroatoms. The Kier molecular flexibility index (Phi) is 8.53. The van der Waals surface area contributed by atoms with E-state index >= 15 is 0 Å². The van der Waals surface area contributed by atoms with Crippen molar-refractivity contribution in [3.05, 3.63) is 89.0 Å². The van der Waals surface area contributed by atoms with Crippen molar-refractivity contribution in [1.29, 1.82) is 0 Å². The van der Waals surface area contributed by atoms with Gasteiger partial charge in [-0.05, 0) is 68.3 Å². The predicted octanol–water partition coefficient (Wildman–Crippen LogP) is 6.23. The van der Waals surface area contributed by atoms with E-state index in [1.165, 1.54) is 19.2 Å². The number of methoxy groups -OCH3 is 1. The predicted molar refractivity (Wildman–Crippen MR) is 133 cm³/mol. The van der Waals surface area contributed by atoms with Crippen molar-refractivity contribution < 1.29 is 35.3 Å². The molecule has 0 spiro atoms. The van der Waals surface area contributed by atoms with Crippen LogP contribution in [-0.4, -0.2) is 32.4 Å². The second-order valence-electron chi connectivity index (χ2n) is 8.60. The molecule has 6 nitrogen and oxygen atoms in total. The highest BCUT2D eigenvalue weighted by molar-refractivity contribution is 7.87. The van der Waals surface area contributed by atoms with Crippen LogP contribution in [-0.2, 0) is 22.8 Å². The Balaban J connectivity index is 1.93. The average Bonchev–Trinajstić information content (AvgIpc) is 2.86. The van der Waals surface area contributed by atoms with Gasteiger partial charge in [0, 0.05) is 18.2 Å². The van der Waals surface area contributed by atoms with Crippen LogP contribution < -0.4 is 8.92 Å². The number of hydrogen-bond acceptors (Lipinski definition) is 5. The molecular formula is C27H28F3NO5S. The Morgan fingerprint density at radius 1 is 1.00 bits per heavy atom. The number of carbonyl (C=O) groups excluding carboxylic acids is 1. The molecule has 0 unspecified atom stereocenters. The van der Waals surface area contributed by atoms with E-state index in [1.54, 1.807) is 23.1 Å². The number of halogens is 3. The number of alkyl halides is 3. The van der Waals surface area contributed by atoms with E-state index in [2.05, 4.69) is 0 Å². The number of benzene rings is 3. The molecule has 0 aromatic heterocycles. The maximum atomic E-state index is 13.3. The summed E-state index contributed by atoms with van der Waals surface area (Å²) in [5.74, 6) is -0.326. The molecule has 3 aromatic carbocycles. The fraction of sp³-hybridized carbons (Fsp3) is 0.296. The first-order valence-corrected chi connectivity index (χ1v) is 12.9. The van der Waals surface area contributed by atoms with Gasteiger partial charge in [-0.1, -0.05) is 36.8 Å². The van der Waals surface area contributed by atoms with Crippen LogP contribution in [0.15, 0.2) is 71.6 Å². The third-order valence-electron chi connectivity index (χ3n) is 5.91. The van der Waals surface area contributed by atoms with E-state index in [0.29, 0.717) is 23.6 Å². The molecule has 0 N–H and O–H groups in total. The molecule has 0 saturated heterocycles. The number of aryl methyl sites for hydroxylation is 1. The minimum atomic E-state index is -4.72. The first-order valence-electron chi connectivity index (χ1n) is 11.5. The molecule has 1 atom stereocenters. The summed E-state index contributed by atoms with van der Waals surface area (Å²) in [6, 6.07) is 14.9. The summed E-state index contributed by atoms with van der Waals surface area (Å²) in [4.78, 5) is 14.3. The summed E-state index contributed by atoms with van der Waals surface area (Å²) in [7, 11) is -3.31. The van der Waals surface area contributed by atoms with Crippen LogP contribution in [0.25, 0.3) is 0 Å². The van der Waals surface area contributed by atoms with Crippen LogP contribution in [0, 0.1) is 6.92 Å². The SMILES string of the molecule is CC[C@H](C)N(Cc1ccc(OC)c(OS(=O)(=O)c2cccc(C(F)(F)F)c2)c1)C(=O)c1ccc(C)cc1. The molecule has 0 aliphatic rings. The third kappa shape index (κ3) is 6.82. The van der Waals surface area contributed by atoms with E-state index in [-0.39, 0.29) is 30.0 Å². The second kappa shape index (κ2) is 11.2. The number of amides is 1. The molecular weight excluding hydrogens is 507 g/mol. The van der Waals surface area contributed by atoms with Gasteiger partial charge in [0.1, 0.15) is 4.90 Å². The summed E-state index contributed by atoms with van der Waals surface area (Å²) in [6.45, 7) is 5.92. The number of nitrogens with zero attached hydrogens (tertiary/aromatic N) is 1.